The summed E-state index contributed by atoms with van der Waals surface area (Å²) in [5, 5.41) is 6.21. The Morgan fingerprint density at radius 1 is 1.14 bits per heavy atom. The molecule has 1 aromatic carbocycles. The largest absolute Gasteiger partial charge is 0.495 e. The van der Waals surface area contributed by atoms with Crippen LogP contribution in [-0.2, 0) is 7.05 Å². The summed E-state index contributed by atoms with van der Waals surface area (Å²) in [7, 11) is 5.45. The van der Waals surface area contributed by atoms with Crippen LogP contribution in [0.2, 0.25) is 0 Å². The molecule has 0 radical (unpaired) electrons. The molecule has 1 saturated carbocycles. The van der Waals surface area contributed by atoms with E-state index in [-0.39, 0.29) is 17.6 Å². The second kappa shape index (κ2) is 10.9. The number of benzene rings is 1. The lowest BCUT2D eigenvalue weighted by Crippen LogP contribution is -2.46. The number of hydrogen-bond acceptors (Lipinski definition) is 8. The summed E-state index contributed by atoms with van der Waals surface area (Å²) in [5.41, 5.74) is 2.44. The van der Waals surface area contributed by atoms with Crippen molar-refractivity contribution < 1.29 is 9.53 Å². The Hall–Kier alpha value is -3.44. The van der Waals surface area contributed by atoms with E-state index in [0.29, 0.717) is 40.7 Å². The van der Waals surface area contributed by atoms with Crippen molar-refractivity contribution >= 4 is 28.7 Å². The molecule has 1 amide bonds. The summed E-state index contributed by atoms with van der Waals surface area (Å²) in [5.74, 6) is 0.741. The van der Waals surface area contributed by atoms with Crippen molar-refractivity contribution in [3.63, 3.8) is 0 Å². The number of fused-ring (bicyclic) bond motifs is 1. The van der Waals surface area contributed by atoms with E-state index in [0.717, 1.165) is 58.4 Å². The molecule has 0 bridgehead atoms. The monoisotopic (exact) mass is 508 g/mol. The van der Waals surface area contributed by atoms with Crippen LogP contribution >= 0.6 is 0 Å². The van der Waals surface area contributed by atoms with Gasteiger partial charge in [-0.2, -0.15) is 4.98 Å². The Balaban J connectivity index is 1.29. The summed E-state index contributed by atoms with van der Waals surface area (Å²) in [4.78, 5) is 39.5. The first-order chi connectivity index (χ1) is 17.9. The average molecular weight is 509 g/mol. The van der Waals surface area contributed by atoms with Gasteiger partial charge in [0.1, 0.15) is 11.3 Å². The van der Waals surface area contributed by atoms with Crippen molar-refractivity contribution in [3.05, 3.63) is 40.4 Å². The van der Waals surface area contributed by atoms with Gasteiger partial charge in [0.2, 0.25) is 5.95 Å². The number of aryl methyl sites for hydroxylation is 1. The lowest BCUT2D eigenvalue weighted by molar-refractivity contribution is 0.0940. The van der Waals surface area contributed by atoms with Crippen LogP contribution in [0.25, 0.3) is 11.2 Å². The molecule has 0 spiro atoms. The smallest absolute Gasteiger partial charge is 0.330 e. The molecule has 2 aromatic heterocycles. The minimum atomic E-state index is -0.137. The topological polar surface area (TPSA) is 110 Å². The Morgan fingerprint density at radius 3 is 2.62 bits per heavy atom. The van der Waals surface area contributed by atoms with E-state index < -0.39 is 0 Å². The molecular formula is C26H36N8O3. The molecule has 3 heterocycles. The minimum absolute atomic E-state index is 0.0612. The molecule has 37 heavy (non-hydrogen) atoms. The maximum absolute atomic E-state index is 12.9. The molecule has 3 aromatic rings. The lowest BCUT2D eigenvalue weighted by Gasteiger charge is -2.32. The van der Waals surface area contributed by atoms with Gasteiger partial charge in [-0.15, -0.1) is 0 Å². The molecule has 11 nitrogen and oxygen atoms in total. The molecule has 1 saturated heterocycles. The Labute approximate surface area is 216 Å². The first-order valence-electron chi connectivity index (χ1n) is 13.0. The van der Waals surface area contributed by atoms with Crippen molar-refractivity contribution in [1.82, 2.24) is 34.2 Å². The molecule has 1 aliphatic carbocycles. The van der Waals surface area contributed by atoms with Crippen LogP contribution in [0, 0.1) is 0 Å². The van der Waals surface area contributed by atoms with E-state index in [1.807, 2.05) is 4.57 Å². The van der Waals surface area contributed by atoms with Crippen LogP contribution in [0.3, 0.4) is 0 Å². The van der Waals surface area contributed by atoms with Gasteiger partial charge >= 0.3 is 5.69 Å². The fourth-order valence-electron chi connectivity index (χ4n) is 5.24. The number of nitrogens with one attached hydrogen (secondary N) is 2. The SMILES string of the molecule is COc1cc(C(=O)NCCN2CCN(C)CC2)ccc1Nc1ncc2c(n1)n(C1CCCC1)c(=O)n2C. The summed E-state index contributed by atoms with van der Waals surface area (Å²) in [6.07, 6.45) is 5.89. The molecule has 0 unspecified atom stereocenters. The summed E-state index contributed by atoms with van der Waals surface area (Å²) in [6, 6.07) is 5.42. The number of piperazine rings is 1. The number of carbonyl (C=O) groups is 1. The Kier molecular flexibility index (Phi) is 7.43. The molecular weight excluding hydrogens is 472 g/mol. The fourth-order valence-corrected chi connectivity index (χ4v) is 5.24. The fraction of sp³-hybridized carbons (Fsp3) is 0.538. The van der Waals surface area contributed by atoms with Gasteiger partial charge in [0, 0.05) is 57.9 Å². The van der Waals surface area contributed by atoms with Gasteiger partial charge < -0.3 is 20.3 Å². The number of imidazole rings is 1. The van der Waals surface area contributed by atoms with Crippen LogP contribution < -0.4 is 21.1 Å². The summed E-state index contributed by atoms with van der Waals surface area (Å²) < 4.78 is 8.98. The van der Waals surface area contributed by atoms with Crippen LogP contribution in [0.1, 0.15) is 42.1 Å². The minimum Gasteiger partial charge on any atom is -0.495 e. The number of amides is 1. The third-order valence-electron chi connectivity index (χ3n) is 7.54. The number of anilines is 2. The number of rotatable bonds is 8. The molecule has 198 valence electrons. The van der Waals surface area contributed by atoms with Crippen LogP contribution in [0.4, 0.5) is 11.6 Å². The van der Waals surface area contributed by atoms with Gasteiger partial charge in [0.15, 0.2) is 5.65 Å². The van der Waals surface area contributed by atoms with Gasteiger partial charge in [-0.1, -0.05) is 12.8 Å². The van der Waals surface area contributed by atoms with Crippen LogP contribution in [0.15, 0.2) is 29.2 Å². The van der Waals surface area contributed by atoms with Gasteiger partial charge in [-0.3, -0.25) is 18.8 Å². The number of ether oxygens (including phenoxy) is 1. The molecule has 2 fully saturated rings. The zero-order valence-electron chi connectivity index (χ0n) is 21.9. The van der Waals surface area contributed by atoms with Crippen molar-refractivity contribution in [2.75, 3.05) is 58.7 Å². The number of carbonyl (C=O) groups excluding carboxylic acids is 1. The molecule has 1 aliphatic heterocycles. The third-order valence-corrected chi connectivity index (χ3v) is 7.54. The highest BCUT2D eigenvalue weighted by Gasteiger charge is 2.24. The van der Waals surface area contributed by atoms with Gasteiger partial charge in [0.05, 0.1) is 19.0 Å². The number of hydrogen-bond donors (Lipinski definition) is 2. The molecule has 11 heteroatoms. The van der Waals surface area contributed by atoms with Crippen LogP contribution in [0.5, 0.6) is 5.75 Å². The molecule has 5 rings (SSSR count). The van der Waals surface area contributed by atoms with Gasteiger partial charge in [-0.25, -0.2) is 9.78 Å². The lowest BCUT2D eigenvalue weighted by atomic mass is 10.1. The van der Waals surface area contributed by atoms with E-state index in [2.05, 4.69) is 32.5 Å². The standard InChI is InChI=1S/C26H36N8O3/c1-31-12-14-33(15-13-31)11-10-27-24(35)18-8-9-20(22(16-18)37-3)29-25-28-17-21-23(30-25)34(26(36)32(21)2)19-6-4-5-7-19/h8-9,16-17,19H,4-7,10-15H2,1-3H3,(H,27,35)(H,28,29,30). The maximum atomic E-state index is 12.9. The summed E-state index contributed by atoms with van der Waals surface area (Å²) in [6.45, 7) is 5.58. The van der Waals surface area contributed by atoms with Gasteiger partial charge in [0.25, 0.3) is 5.91 Å². The van der Waals surface area contributed by atoms with E-state index in [4.69, 9.17) is 9.72 Å². The van der Waals surface area contributed by atoms with Crippen molar-refractivity contribution in [1.29, 1.82) is 0 Å². The number of aromatic nitrogens is 4. The van der Waals surface area contributed by atoms with E-state index in [9.17, 15) is 9.59 Å². The first kappa shape index (κ1) is 25.2. The second-order valence-electron chi connectivity index (χ2n) is 9.99. The number of methoxy groups -OCH3 is 1. The normalized spacial score (nSPS) is 17.4. The predicted octanol–water partition coefficient (Wildman–Crippen LogP) is 1.97. The Morgan fingerprint density at radius 2 is 1.89 bits per heavy atom. The maximum Gasteiger partial charge on any atom is 0.330 e. The van der Waals surface area contributed by atoms with Crippen molar-refractivity contribution in [3.8, 4) is 5.75 Å². The zero-order valence-corrected chi connectivity index (χ0v) is 21.9. The zero-order chi connectivity index (χ0) is 25.9. The predicted molar refractivity (Wildman–Crippen MR) is 143 cm³/mol. The van der Waals surface area contributed by atoms with Crippen molar-refractivity contribution in [2.45, 2.75) is 31.7 Å². The first-order valence-corrected chi connectivity index (χ1v) is 13.0. The molecule has 2 aliphatic rings. The van der Waals surface area contributed by atoms with Gasteiger partial charge in [-0.05, 0) is 38.1 Å². The third kappa shape index (κ3) is 5.33. The highest BCUT2D eigenvalue weighted by atomic mass is 16.5. The molecule has 2 N–H and O–H groups in total. The highest BCUT2D eigenvalue weighted by Crippen LogP contribution is 2.32. The molecule has 0 atom stereocenters. The van der Waals surface area contributed by atoms with E-state index >= 15 is 0 Å². The van der Waals surface area contributed by atoms with Crippen LogP contribution in [-0.4, -0.2) is 88.2 Å². The van der Waals surface area contributed by atoms with E-state index in [1.54, 1.807) is 43.1 Å². The summed E-state index contributed by atoms with van der Waals surface area (Å²) >= 11 is 0. The Bertz CT molecular complexity index is 1320. The van der Waals surface area contributed by atoms with E-state index in [1.165, 1.54) is 0 Å². The highest BCUT2D eigenvalue weighted by molar-refractivity contribution is 5.95. The van der Waals surface area contributed by atoms with Crippen molar-refractivity contribution in [2.24, 2.45) is 7.05 Å². The average Bonchev–Trinajstić information content (AvgIpc) is 3.52. The number of likely N-dealkylation sites (N-methyl/N-ethyl adjacent to an activating group) is 1. The number of nitrogens with zero attached hydrogens (tertiary/aromatic N) is 6. The second-order valence-corrected chi connectivity index (χ2v) is 9.99. The quantitative estimate of drug-likeness (QED) is 0.475.